The van der Waals surface area contributed by atoms with Gasteiger partial charge in [-0.2, -0.15) is 0 Å². The summed E-state index contributed by atoms with van der Waals surface area (Å²) in [5.74, 6) is 0.565. The van der Waals surface area contributed by atoms with E-state index in [1.54, 1.807) is 0 Å². The second-order valence-electron chi connectivity index (χ2n) is 5.90. The zero-order valence-corrected chi connectivity index (χ0v) is 12.0. The summed E-state index contributed by atoms with van der Waals surface area (Å²) < 4.78 is 5.57. The molecule has 0 saturated carbocycles. The normalized spacial score (nSPS) is 28.1. The van der Waals surface area contributed by atoms with Crippen molar-refractivity contribution in [2.75, 3.05) is 33.4 Å². The van der Waals surface area contributed by atoms with Gasteiger partial charge in [0.1, 0.15) is 6.61 Å². The number of ether oxygens (including phenoxy) is 1. The number of amides is 1. The van der Waals surface area contributed by atoms with E-state index in [-0.39, 0.29) is 12.5 Å². The Kier molecular flexibility index (Phi) is 4.03. The summed E-state index contributed by atoms with van der Waals surface area (Å²) in [6.07, 6.45) is 1.04. The molecule has 2 aliphatic rings. The largest absolute Gasteiger partial charge is 0.371 e. The Hall–Kier alpha value is -1.39. The lowest BCUT2D eigenvalue weighted by molar-refractivity contribution is -0.137. The zero-order valence-electron chi connectivity index (χ0n) is 12.0. The quantitative estimate of drug-likeness (QED) is 0.816. The summed E-state index contributed by atoms with van der Waals surface area (Å²) in [4.78, 5) is 16.7. The number of piperidine rings is 1. The Bertz CT molecular complexity index is 463. The van der Waals surface area contributed by atoms with Crippen molar-refractivity contribution in [1.82, 2.24) is 9.80 Å². The third-order valence-electron chi connectivity index (χ3n) is 4.37. The van der Waals surface area contributed by atoms with Crippen molar-refractivity contribution in [3.8, 4) is 0 Å². The number of fused-ring (bicyclic) bond motifs is 1. The van der Waals surface area contributed by atoms with E-state index in [0.717, 1.165) is 19.5 Å². The van der Waals surface area contributed by atoms with Gasteiger partial charge in [-0.3, -0.25) is 4.79 Å². The molecule has 2 atom stereocenters. The Morgan fingerprint density at radius 2 is 2.10 bits per heavy atom. The van der Waals surface area contributed by atoms with Gasteiger partial charge in [0.15, 0.2) is 0 Å². The van der Waals surface area contributed by atoms with Crippen LogP contribution in [-0.4, -0.2) is 55.1 Å². The van der Waals surface area contributed by atoms with Crippen molar-refractivity contribution in [3.05, 3.63) is 35.9 Å². The molecule has 2 fully saturated rings. The van der Waals surface area contributed by atoms with Crippen molar-refractivity contribution in [3.63, 3.8) is 0 Å². The van der Waals surface area contributed by atoms with Gasteiger partial charge in [-0.15, -0.1) is 0 Å². The molecule has 4 heteroatoms. The Balaban J connectivity index is 1.80. The van der Waals surface area contributed by atoms with Crippen molar-refractivity contribution in [1.29, 1.82) is 0 Å². The first-order chi connectivity index (χ1) is 9.74. The summed E-state index contributed by atoms with van der Waals surface area (Å²) in [5.41, 5.74) is 1.19. The molecule has 2 unspecified atom stereocenters. The Morgan fingerprint density at radius 3 is 2.90 bits per heavy atom. The van der Waals surface area contributed by atoms with Gasteiger partial charge in [-0.25, -0.2) is 0 Å². The van der Waals surface area contributed by atoms with Gasteiger partial charge in [0.2, 0.25) is 5.91 Å². The van der Waals surface area contributed by atoms with Gasteiger partial charge in [0, 0.05) is 25.0 Å². The van der Waals surface area contributed by atoms with Crippen LogP contribution in [0.4, 0.5) is 0 Å². The smallest absolute Gasteiger partial charge is 0.249 e. The molecule has 1 amide bonds. The molecule has 2 aliphatic heterocycles. The number of rotatable bonds is 2. The third-order valence-corrected chi connectivity index (χ3v) is 4.37. The third kappa shape index (κ3) is 2.86. The zero-order chi connectivity index (χ0) is 13.9. The van der Waals surface area contributed by atoms with Gasteiger partial charge in [-0.1, -0.05) is 30.3 Å². The highest BCUT2D eigenvalue weighted by atomic mass is 16.5. The lowest BCUT2D eigenvalue weighted by atomic mass is 9.91. The average Bonchev–Trinajstić information content (AvgIpc) is 2.60. The van der Waals surface area contributed by atoms with Gasteiger partial charge in [0.25, 0.3) is 0 Å². The molecule has 0 N–H and O–H groups in total. The van der Waals surface area contributed by atoms with Crippen molar-refractivity contribution < 1.29 is 9.53 Å². The first-order valence-corrected chi connectivity index (χ1v) is 7.34. The lowest BCUT2D eigenvalue weighted by Gasteiger charge is -2.41. The minimum absolute atomic E-state index is 0.130. The first kappa shape index (κ1) is 13.6. The van der Waals surface area contributed by atoms with E-state index in [2.05, 4.69) is 24.1 Å². The van der Waals surface area contributed by atoms with Crippen LogP contribution in [0.15, 0.2) is 30.3 Å². The molecule has 0 aliphatic carbocycles. The van der Waals surface area contributed by atoms with E-state index in [9.17, 15) is 4.79 Å². The molecular formula is C16H22N2O2. The maximum atomic E-state index is 12.3. The molecule has 1 aromatic rings. The van der Waals surface area contributed by atoms with Crippen LogP contribution in [0.2, 0.25) is 0 Å². The summed E-state index contributed by atoms with van der Waals surface area (Å²) in [6.45, 7) is 3.70. The summed E-state index contributed by atoms with van der Waals surface area (Å²) in [6, 6.07) is 10.6. The minimum Gasteiger partial charge on any atom is -0.371 e. The number of nitrogens with zero attached hydrogens (tertiary/aromatic N) is 2. The van der Waals surface area contributed by atoms with Crippen LogP contribution in [0.5, 0.6) is 0 Å². The van der Waals surface area contributed by atoms with E-state index >= 15 is 0 Å². The number of carbonyl (C=O) groups excluding carboxylic acids is 1. The predicted octanol–water partition coefficient (Wildman–Crippen LogP) is 1.37. The number of benzene rings is 1. The summed E-state index contributed by atoms with van der Waals surface area (Å²) in [7, 11) is 2.14. The number of hydrogen-bond acceptors (Lipinski definition) is 3. The average molecular weight is 274 g/mol. The highest BCUT2D eigenvalue weighted by molar-refractivity contribution is 5.78. The van der Waals surface area contributed by atoms with Gasteiger partial charge in [-0.05, 0) is 25.6 Å². The predicted molar refractivity (Wildman–Crippen MR) is 77.2 cm³/mol. The Morgan fingerprint density at radius 1 is 1.30 bits per heavy atom. The van der Waals surface area contributed by atoms with E-state index < -0.39 is 0 Å². The second-order valence-corrected chi connectivity index (χ2v) is 5.90. The van der Waals surface area contributed by atoms with E-state index in [1.165, 1.54) is 5.56 Å². The molecule has 20 heavy (non-hydrogen) atoms. The van der Waals surface area contributed by atoms with Crippen LogP contribution >= 0.6 is 0 Å². The topological polar surface area (TPSA) is 32.8 Å². The molecule has 2 heterocycles. The fourth-order valence-electron chi connectivity index (χ4n) is 3.33. The lowest BCUT2D eigenvalue weighted by Crippen LogP contribution is -2.51. The molecule has 108 valence electrons. The van der Waals surface area contributed by atoms with Crippen molar-refractivity contribution >= 4 is 5.91 Å². The molecule has 0 spiro atoms. The van der Waals surface area contributed by atoms with E-state index in [4.69, 9.17) is 4.74 Å². The van der Waals surface area contributed by atoms with Crippen LogP contribution in [0.1, 0.15) is 12.0 Å². The first-order valence-electron chi connectivity index (χ1n) is 7.34. The van der Waals surface area contributed by atoms with Crippen LogP contribution in [0.3, 0.4) is 0 Å². The van der Waals surface area contributed by atoms with Gasteiger partial charge in [0.05, 0.1) is 6.61 Å². The summed E-state index contributed by atoms with van der Waals surface area (Å²) >= 11 is 0. The van der Waals surface area contributed by atoms with Crippen LogP contribution < -0.4 is 0 Å². The molecule has 3 rings (SSSR count). The van der Waals surface area contributed by atoms with Crippen LogP contribution in [0, 0.1) is 5.92 Å². The Labute approximate surface area is 120 Å². The molecule has 2 saturated heterocycles. The van der Waals surface area contributed by atoms with E-state index in [0.29, 0.717) is 25.1 Å². The van der Waals surface area contributed by atoms with Gasteiger partial charge >= 0.3 is 0 Å². The fraction of sp³-hybridized carbons (Fsp3) is 0.562. The monoisotopic (exact) mass is 274 g/mol. The maximum Gasteiger partial charge on any atom is 0.249 e. The molecule has 1 aromatic carbocycles. The standard InChI is InChI=1S/C16H22N2O2/c1-17-8-7-15-14(10-17)11-20-12-16(19)18(15)9-13-5-3-2-4-6-13/h2-6,14-15H,7-12H2,1H3. The highest BCUT2D eigenvalue weighted by Gasteiger charge is 2.37. The highest BCUT2D eigenvalue weighted by Crippen LogP contribution is 2.26. The molecule has 4 nitrogen and oxygen atoms in total. The SMILES string of the molecule is CN1CCC2C(COCC(=O)N2Cc2ccccc2)C1. The van der Waals surface area contributed by atoms with Crippen LogP contribution in [0.25, 0.3) is 0 Å². The van der Waals surface area contributed by atoms with E-state index in [1.807, 2.05) is 23.1 Å². The molecule has 0 radical (unpaired) electrons. The summed E-state index contributed by atoms with van der Waals surface area (Å²) in [5, 5.41) is 0. The van der Waals surface area contributed by atoms with Crippen molar-refractivity contribution in [2.45, 2.75) is 19.0 Å². The molecule has 0 aromatic heterocycles. The van der Waals surface area contributed by atoms with Gasteiger partial charge < -0.3 is 14.5 Å². The number of hydrogen-bond donors (Lipinski definition) is 0. The minimum atomic E-state index is 0.130. The van der Waals surface area contributed by atoms with Crippen molar-refractivity contribution in [2.24, 2.45) is 5.92 Å². The maximum absolute atomic E-state index is 12.3. The fourth-order valence-corrected chi connectivity index (χ4v) is 3.33. The van der Waals surface area contributed by atoms with Crippen LogP contribution in [-0.2, 0) is 16.1 Å². The second kappa shape index (κ2) is 5.94. The number of carbonyl (C=O) groups is 1. The molecular weight excluding hydrogens is 252 g/mol. The number of likely N-dealkylation sites (tertiary alicyclic amines) is 1. The molecule has 0 bridgehead atoms.